The van der Waals surface area contributed by atoms with E-state index in [-0.39, 0.29) is 0 Å². The second-order valence-corrected chi connectivity index (χ2v) is 5.19. The summed E-state index contributed by atoms with van der Waals surface area (Å²) in [5, 5.41) is 3.40. The lowest BCUT2D eigenvalue weighted by molar-refractivity contribution is -0.131. The Balaban J connectivity index is 1.83. The van der Waals surface area contributed by atoms with Crippen LogP contribution >= 0.6 is 0 Å². The van der Waals surface area contributed by atoms with Crippen LogP contribution in [0, 0.1) is 17.8 Å². The third-order valence-corrected chi connectivity index (χ3v) is 3.96. The Hall–Kier alpha value is -0.570. The van der Waals surface area contributed by atoms with Crippen LogP contribution in [-0.4, -0.2) is 37.0 Å². The molecule has 0 aromatic heterocycles. The predicted molar refractivity (Wildman–Crippen MR) is 60.5 cm³/mol. The summed E-state index contributed by atoms with van der Waals surface area (Å²) in [5.74, 6) is 2.37. The molecule has 0 spiro atoms. The molecule has 2 fully saturated rings. The lowest BCUT2D eigenvalue weighted by Crippen LogP contribution is -2.32. The van der Waals surface area contributed by atoms with Crippen molar-refractivity contribution >= 4 is 5.91 Å². The molecule has 0 aliphatic carbocycles. The average Bonchev–Trinajstić information content (AvgIpc) is 2.76. The summed E-state index contributed by atoms with van der Waals surface area (Å²) < 4.78 is 0. The first-order chi connectivity index (χ1) is 7.20. The van der Waals surface area contributed by atoms with Crippen molar-refractivity contribution < 1.29 is 4.79 Å². The average molecular weight is 210 g/mol. The maximum Gasteiger partial charge on any atom is 0.222 e. The van der Waals surface area contributed by atoms with Crippen molar-refractivity contribution in [3.8, 4) is 0 Å². The van der Waals surface area contributed by atoms with Crippen molar-refractivity contribution in [2.45, 2.75) is 26.7 Å². The van der Waals surface area contributed by atoms with Crippen LogP contribution in [0.15, 0.2) is 0 Å². The van der Waals surface area contributed by atoms with Gasteiger partial charge in [0.15, 0.2) is 0 Å². The molecule has 2 aliphatic rings. The van der Waals surface area contributed by atoms with Crippen molar-refractivity contribution in [3.63, 3.8) is 0 Å². The number of nitrogens with zero attached hydrogens (tertiary/aromatic N) is 1. The fourth-order valence-corrected chi connectivity index (χ4v) is 2.63. The van der Waals surface area contributed by atoms with Gasteiger partial charge in [0, 0.05) is 32.6 Å². The van der Waals surface area contributed by atoms with Crippen molar-refractivity contribution in [3.05, 3.63) is 0 Å². The molecule has 3 heteroatoms. The third-order valence-electron chi connectivity index (χ3n) is 3.96. The van der Waals surface area contributed by atoms with Crippen LogP contribution in [0.25, 0.3) is 0 Å². The van der Waals surface area contributed by atoms with Gasteiger partial charge in [-0.25, -0.2) is 0 Å². The highest BCUT2D eigenvalue weighted by molar-refractivity contribution is 5.76. The number of carbonyl (C=O) groups excluding carboxylic acids is 1. The van der Waals surface area contributed by atoms with Gasteiger partial charge >= 0.3 is 0 Å². The molecule has 0 radical (unpaired) electrons. The molecule has 2 heterocycles. The molecular weight excluding hydrogens is 188 g/mol. The second-order valence-electron chi connectivity index (χ2n) is 5.19. The normalized spacial score (nSPS) is 31.7. The fraction of sp³-hybridized carbons (Fsp3) is 0.917. The topological polar surface area (TPSA) is 32.3 Å². The molecule has 1 amide bonds. The Labute approximate surface area is 92.2 Å². The number of nitrogens with one attached hydrogen (secondary N) is 1. The SMILES string of the molecule is CCC(C)CC(=O)N1CC2CNCC2C1. The summed E-state index contributed by atoms with van der Waals surface area (Å²) in [6.07, 6.45) is 1.84. The molecule has 3 atom stereocenters. The lowest BCUT2D eigenvalue weighted by atomic mass is 10.0. The van der Waals surface area contributed by atoms with Gasteiger partial charge in [-0.3, -0.25) is 4.79 Å². The molecule has 0 aromatic carbocycles. The number of likely N-dealkylation sites (tertiary alicyclic amines) is 1. The standard InChI is InChI=1S/C12H22N2O/c1-3-9(2)4-12(15)14-7-10-5-13-6-11(10)8-14/h9-11,13H,3-8H2,1-2H3. The smallest absolute Gasteiger partial charge is 0.222 e. The van der Waals surface area contributed by atoms with Crippen LogP contribution in [-0.2, 0) is 4.79 Å². The van der Waals surface area contributed by atoms with Crippen LogP contribution in [0.5, 0.6) is 0 Å². The van der Waals surface area contributed by atoms with E-state index in [4.69, 9.17) is 0 Å². The highest BCUT2D eigenvalue weighted by Crippen LogP contribution is 2.27. The van der Waals surface area contributed by atoms with E-state index in [0.717, 1.165) is 50.9 Å². The van der Waals surface area contributed by atoms with Gasteiger partial charge < -0.3 is 10.2 Å². The zero-order chi connectivity index (χ0) is 10.8. The number of carbonyl (C=O) groups is 1. The van der Waals surface area contributed by atoms with Gasteiger partial charge in [0.25, 0.3) is 0 Å². The van der Waals surface area contributed by atoms with Gasteiger partial charge in [-0.15, -0.1) is 0 Å². The molecule has 0 aromatic rings. The zero-order valence-electron chi connectivity index (χ0n) is 9.83. The number of hydrogen-bond donors (Lipinski definition) is 1. The quantitative estimate of drug-likeness (QED) is 0.756. The molecule has 1 N–H and O–H groups in total. The van der Waals surface area contributed by atoms with Crippen LogP contribution in [0.2, 0.25) is 0 Å². The largest absolute Gasteiger partial charge is 0.342 e. The molecule has 15 heavy (non-hydrogen) atoms. The van der Waals surface area contributed by atoms with E-state index >= 15 is 0 Å². The second kappa shape index (κ2) is 4.52. The van der Waals surface area contributed by atoms with Crippen LogP contribution in [0.1, 0.15) is 26.7 Å². The fourth-order valence-electron chi connectivity index (χ4n) is 2.63. The molecule has 0 saturated carbocycles. The molecule has 3 unspecified atom stereocenters. The monoisotopic (exact) mass is 210 g/mol. The highest BCUT2D eigenvalue weighted by Gasteiger charge is 2.37. The van der Waals surface area contributed by atoms with E-state index in [0.29, 0.717) is 11.8 Å². The molecule has 0 bridgehead atoms. The van der Waals surface area contributed by atoms with Gasteiger partial charge in [-0.2, -0.15) is 0 Å². The first kappa shape index (κ1) is 10.9. The summed E-state index contributed by atoms with van der Waals surface area (Å²) in [6.45, 7) is 8.52. The van der Waals surface area contributed by atoms with E-state index in [2.05, 4.69) is 24.1 Å². The molecule has 86 valence electrons. The van der Waals surface area contributed by atoms with Gasteiger partial charge in [0.2, 0.25) is 5.91 Å². The Morgan fingerprint density at radius 2 is 2.00 bits per heavy atom. The highest BCUT2D eigenvalue weighted by atomic mass is 16.2. The zero-order valence-corrected chi connectivity index (χ0v) is 9.83. The van der Waals surface area contributed by atoms with Crippen molar-refractivity contribution in [2.24, 2.45) is 17.8 Å². The van der Waals surface area contributed by atoms with Gasteiger partial charge in [0.1, 0.15) is 0 Å². The predicted octanol–water partition coefficient (Wildman–Crippen LogP) is 1.10. The van der Waals surface area contributed by atoms with Gasteiger partial charge in [-0.05, 0) is 17.8 Å². The molecule has 2 saturated heterocycles. The Morgan fingerprint density at radius 3 is 2.53 bits per heavy atom. The molecular formula is C12H22N2O. The van der Waals surface area contributed by atoms with Gasteiger partial charge in [-0.1, -0.05) is 20.3 Å². The molecule has 3 nitrogen and oxygen atoms in total. The number of amides is 1. The van der Waals surface area contributed by atoms with Gasteiger partial charge in [0.05, 0.1) is 0 Å². The summed E-state index contributed by atoms with van der Waals surface area (Å²) in [6, 6.07) is 0. The van der Waals surface area contributed by atoms with E-state index in [1.54, 1.807) is 0 Å². The van der Waals surface area contributed by atoms with Crippen LogP contribution in [0.4, 0.5) is 0 Å². The van der Waals surface area contributed by atoms with E-state index in [1.165, 1.54) is 0 Å². The van der Waals surface area contributed by atoms with Crippen LogP contribution < -0.4 is 5.32 Å². The number of hydrogen-bond acceptors (Lipinski definition) is 2. The van der Waals surface area contributed by atoms with Crippen LogP contribution in [0.3, 0.4) is 0 Å². The minimum Gasteiger partial charge on any atom is -0.342 e. The lowest BCUT2D eigenvalue weighted by Gasteiger charge is -2.19. The van der Waals surface area contributed by atoms with E-state index in [1.807, 2.05) is 0 Å². The number of rotatable bonds is 3. The summed E-state index contributed by atoms with van der Waals surface area (Å²) >= 11 is 0. The van der Waals surface area contributed by atoms with Crippen molar-refractivity contribution in [2.75, 3.05) is 26.2 Å². The Morgan fingerprint density at radius 1 is 1.40 bits per heavy atom. The Bertz CT molecular complexity index is 230. The summed E-state index contributed by atoms with van der Waals surface area (Å²) in [4.78, 5) is 14.0. The summed E-state index contributed by atoms with van der Waals surface area (Å²) in [7, 11) is 0. The number of fused-ring (bicyclic) bond motifs is 1. The minimum absolute atomic E-state index is 0.374. The minimum atomic E-state index is 0.374. The Kier molecular flexibility index (Phi) is 3.29. The molecule has 2 rings (SSSR count). The maximum atomic E-state index is 12.0. The molecule has 2 aliphatic heterocycles. The van der Waals surface area contributed by atoms with E-state index in [9.17, 15) is 4.79 Å². The maximum absolute atomic E-state index is 12.0. The van der Waals surface area contributed by atoms with E-state index < -0.39 is 0 Å². The first-order valence-corrected chi connectivity index (χ1v) is 6.19. The first-order valence-electron chi connectivity index (χ1n) is 6.19. The van der Waals surface area contributed by atoms with Crippen molar-refractivity contribution in [1.82, 2.24) is 10.2 Å². The third kappa shape index (κ3) is 2.33. The summed E-state index contributed by atoms with van der Waals surface area (Å²) in [5.41, 5.74) is 0. The van der Waals surface area contributed by atoms with Crippen molar-refractivity contribution in [1.29, 1.82) is 0 Å².